The zero-order chi connectivity index (χ0) is 11.3. The predicted molar refractivity (Wildman–Crippen MR) is 65.2 cm³/mol. The van der Waals surface area contributed by atoms with Crippen LogP contribution in [0.5, 0.6) is 0 Å². The first-order valence-corrected chi connectivity index (χ1v) is 11.7. The van der Waals surface area contributed by atoms with Gasteiger partial charge in [0.1, 0.15) is 0 Å². The summed E-state index contributed by atoms with van der Waals surface area (Å²) in [6, 6.07) is 0. The molecule has 2 rings (SSSR count). The number of hydrogen-bond acceptors (Lipinski definition) is 0. The van der Waals surface area contributed by atoms with Crippen LogP contribution in [0.25, 0.3) is 0 Å². The molecule has 0 N–H and O–H groups in total. The summed E-state index contributed by atoms with van der Waals surface area (Å²) in [5, 5.41) is 7.69. The van der Waals surface area contributed by atoms with Crippen LogP contribution < -0.4 is 0 Å². The summed E-state index contributed by atoms with van der Waals surface area (Å²) in [5.41, 5.74) is 5.18. The molecule has 84 valence electrons. The number of hydrogen-bond donors (Lipinski definition) is 0. The topological polar surface area (TPSA) is 0 Å². The van der Waals surface area contributed by atoms with Gasteiger partial charge >= 0.3 is 98.3 Å². The fourth-order valence-electron chi connectivity index (χ4n) is 3.19. The summed E-state index contributed by atoms with van der Waals surface area (Å²) >= 11 is -1.65. The van der Waals surface area contributed by atoms with Crippen molar-refractivity contribution in [3.8, 4) is 0 Å². The van der Waals surface area contributed by atoms with Crippen LogP contribution in [0.4, 0.5) is 0 Å². The predicted octanol–water partition coefficient (Wildman–Crippen LogP) is 5.29. The Labute approximate surface area is 98.2 Å². The first-order valence-electron chi connectivity index (χ1n) is 6.28. The van der Waals surface area contributed by atoms with E-state index in [0.717, 1.165) is 0 Å². The van der Waals surface area contributed by atoms with Gasteiger partial charge in [0, 0.05) is 0 Å². The summed E-state index contributed by atoms with van der Waals surface area (Å²) in [6.07, 6.45) is 8.18. The normalized spacial score (nSPS) is 31.7. The Morgan fingerprint density at radius 3 is 2.33 bits per heavy atom. The molecule has 0 spiro atoms. The molecule has 0 bridgehead atoms. The summed E-state index contributed by atoms with van der Waals surface area (Å²) in [5.74, 6) is 0. The molecule has 0 aromatic rings. The molecule has 0 radical (unpaired) electrons. The second kappa shape index (κ2) is 3.60. The van der Waals surface area contributed by atoms with Gasteiger partial charge in [-0.3, -0.25) is 0 Å². The molecule has 0 aliphatic heterocycles. The van der Waals surface area contributed by atoms with E-state index in [1.807, 2.05) is 5.57 Å². The third-order valence-electron chi connectivity index (χ3n) is 4.63. The van der Waals surface area contributed by atoms with Crippen LogP contribution in [-0.4, -0.2) is 0 Å². The molecule has 0 amide bonds. The van der Waals surface area contributed by atoms with Crippen molar-refractivity contribution in [3.63, 3.8) is 0 Å². The Morgan fingerprint density at radius 2 is 1.73 bits per heavy atom. The second-order valence-electron chi connectivity index (χ2n) is 6.44. The molecule has 0 aromatic carbocycles. The van der Waals surface area contributed by atoms with E-state index in [2.05, 4.69) is 35.6 Å². The van der Waals surface area contributed by atoms with Crippen LogP contribution >= 0.6 is 0 Å². The average Bonchev–Trinajstić information content (AvgIpc) is 2.41. The van der Waals surface area contributed by atoms with Crippen molar-refractivity contribution in [2.75, 3.05) is 0 Å². The molecule has 1 heteroatoms. The van der Waals surface area contributed by atoms with Crippen molar-refractivity contribution in [1.82, 2.24) is 0 Å². The van der Waals surface area contributed by atoms with Gasteiger partial charge in [0.25, 0.3) is 0 Å². The molecule has 0 aromatic heterocycles. The zero-order valence-corrected chi connectivity index (χ0v) is 12.5. The zero-order valence-electron chi connectivity index (χ0n) is 10.9. The van der Waals surface area contributed by atoms with Crippen molar-refractivity contribution >= 4 is 0 Å². The van der Waals surface area contributed by atoms with Crippen molar-refractivity contribution in [3.05, 3.63) is 22.8 Å². The van der Waals surface area contributed by atoms with E-state index in [1.165, 1.54) is 25.7 Å². The van der Waals surface area contributed by atoms with Crippen LogP contribution in [0.3, 0.4) is 0 Å². The Kier molecular flexibility index (Phi) is 2.80. The van der Waals surface area contributed by atoms with Crippen molar-refractivity contribution in [1.29, 1.82) is 0 Å². The number of rotatable bonds is 1. The maximum atomic E-state index is 2.61. The molecule has 2 aliphatic carbocycles. The summed E-state index contributed by atoms with van der Waals surface area (Å²) in [4.78, 5) is 0. The molecule has 1 atom stereocenters. The van der Waals surface area contributed by atoms with Gasteiger partial charge in [-0.25, -0.2) is 0 Å². The fourth-order valence-corrected chi connectivity index (χ4v) is 6.05. The third-order valence-corrected chi connectivity index (χ3v) is 10.2. The van der Waals surface area contributed by atoms with E-state index in [-0.39, 0.29) is 0 Å². The maximum absolute atomic E-state index is 2.61. The average molecular weight is 240 g/mol. The van der Waals surface area contributed by atoms with Gasteiger partial charge in [-0.2, -0.15) is 0 Å². The van der Waals surface area contributed by atoms with E-state index >= 15 is 0 Å². The van der Waals surface area contributed by atoms with Crippen LogP contribution in [0, 0.1) is 0 Å². The van der Waals surface area contributed by atoms with Crippen LogP contribution in [0.2, 0.25) is 19.4 Å². The SMILES string of the molecule is CC1=C[C](C)([Ti]([CH3])([CH3])[CH3])C2=C1CCCC2. The standard InChI is InChI=1S/C11H15.3CH3.Ti/c1-8-7-9(2)11-6-4-3-5-10(8)11;;;;/h7H,3-6H2,1-2H3;3*1H3;. The first kappa shape index (κ1) is 11.7. The molecule has 15 heavy (non-hydrogen) atoms. The van der Waals surface area contributed by atoms with E-state index in [4.69, 9.17) is 0 Å². The Morgan fingerprint density at radius 1 is 1.13 bits per heavy atom. The molecular weight excluding hydrogens is 216 g/mol. The molecule has 0 saturated heterocycles. The Bertz CT molecular complexity index is 341. The van der Waals surface area contributed by atoms with Gasteiger partial charge in [0.15, 0.2) is 0 Å². The second-order valence-corrected chi connectivity index (χ2v) is 15.1. The number of allylic oxidation sites excluding steroid dienone is 4. The Balaban J connectivity index is 2.49. The van der Waals surface area contributed by atoms with E-state index in [0.29, 0.717) is 3.72 Å². The fraction of sp³-hybridized carbons (Fsp3) is 0.714. The summed E-state index contributed by atoms with van der Waals surface area (Å²) in [7, 11) is 0. The van der Waals surface area contributed by atoms with E-state index in [9.17, 15) is 0 Å². The molecule has 2 aliphatic rings. The van der Waals surface area contributed by atoms with Crippen molar-refractivity contribution < 1.29 is 16.6 Å². The third kappa shape index (κ3) is 1.70. The molecule has 0 heterocycles. The van der Waals surface area contributed by atoms with Gasteiger partial charge < -0.3 is 0 Å². The van der Waals surface area contributed by atoms with E-state index < -0.39 is 16.6 Å². The molecule has 0 saturated carbocycles. The molecular formula is C14H24Ti. The quantitative estimate of drug-likeness (QED) is 0.546. The van der Waals surface area contributed by atoms with Gasteiger partial charge in [-0.15, -0.1) is 0 Å². The van der Waals surface area contributed by atoms with Gasteiger partial charge in [-0.05, 0) is 0 Å². The van der Waals surface area contributed by atoms with Crippen LogP contribution in [0.1, 0.15) is 39.5 Å². The minimum absolute atomic E-state index is 0.500. The van der Waals surface area contributed by atoms with Crippen molar-refractivity contribution in [2.24, 2.45) is 0 Å². The molecule has 0 fully saturated rings. The van der Waals surface area contributed by atoms with Crippen molar-refractivity contribution in [2.45, 2.75) is 58.9 Å². The van der Waals surface area contributed by atoms with Gasteiger partial charge in [0.05, 0.1) is 0 Å². The van der Waals surface area contributed by atoms with Crippen LogP contribution in [-0.2, 0) is 16.6 Å². The summed E-state index contributed by atoms with van der Waals surface area (Å²) in [6.45, 7) is 4.85. The first-order chi connectivity index (χ1) is 6.86. The van der Waals surface area contributed by atoms with Gasteiger partial charge in [0.2, 0.25) is 0 Å². The van der Waals surface area contributed by atoms with Crippen LogP contribution in [0.15, 0.2) is 22.8 Å². The summed E-state index contributed by atoms with van der Waals surface area (Å²) < 4.78 is 0.500. The van der Waals surface area contributed by atoms with Gasteiger partial charge in [-0.1, -0.05) is 0 Å². The Hall–Kier alpha value is 0.194. The van der Waals surface area contributed by atoms with E-state index in [1.54, 1.807) is 11.1 Å². The molecule has 1 unspecified atom stereocenters. The minimum atomic E-state index is -1.65. The molecule has 0 nitrogen and oxygen atoms in total. The monoisotopic (exact) mass is 240 g/mol.